The first-order valence-electron chi connectivity index (χ1n) is 5.42. The van der Waals surface area contributed by atoms with Gasteiger partial charge in [-0.1, -0.05) is 26.2 Å². The molecule has 0 aliphatic heterocycles. The summed E-state index contributed by atoms with van der Waals surface area (Å²) in [6, 6.07) is 0. The van der Waals surface area contributed by atoms with Crippen LogP contribution in [0.3, 0.4) is 0 Å². The second-order valence-electron chi connectivity index (χ2n) is 3.08. The average molecular weight is 187 g/mol. The van der Waals surface area contributed by atoms with Crippen molar-refractivity contribution in [2.45, 2.75) is 46.0 Å². The van der Waals surface area contributed by atoms with Crippen LogP contribution in [-0.4, -0.2) is 19.8 Å². The molecular formula is C11H23O2. The summed E-state index contributed by atoms with van der Waals surface area (Å²) in [6.45, 7) is 8.49. The minimum atomic E-state index is 0.760. The van der Waals surface area contributed by atoms with Crippen molar-refractivity contribution in [1.29, 1.82) is 0 Å². The van der Waals surface area contributed by atoms with Crippen LogP contribution in [0.1, 0.15) is 46.0 Å². The Kier molecular flexibility index (Phi) is 11.8. The third kappa shape index (κ3) is 11.9. The standard InChI is InChI=1S/C11H23O2/c1-3-5-6-7-9-13-11-8-10-12-4-2/h10H,3-9,11H2,1-2H3. The fourth-order valence-corrected chi connectivity index (χ4v) is 1.07. The maximum Gasteiger partial charge on any atom is 0.0859 e. The Bertz CT molecular complexity index is 74.2. The summed E-state index contributed by atoms with van der Waals surface area (Å²) in [5, 5.41) is 0. The summed E-state index contributed by atoms with van der Waals surface area (Å²) >= 11 is 0. The van der Waals surface area contributed by atoms with E-state index in [1.165, 1.54) is 25.7 Å². The molecule has 2 heteroatoms. The third-order valence-electron chi connectivity index (χ3n) is 1.81. The van der Waals surface area contributed by atoms with Crippen molar-refractivity contribution >= 4 is 0 Å². The molecule has 0 atom stereocenters. The highest BCUT2D eigenvalue weighted by Gasteiger charge is 1.90. The molecule has 0 amide bonds. The number of ether oxygens (including phenoxy) is 2. The monoisotopic (exact) mass is 187 g/mol. The lowest BCUT2D eigenvalue weighted by molar-refractivity contribution is 0.112. The van der Waals surface area contributed by atoms with E-state index >= 15 is 0 Å². The van der Waals surface area contributed by atoms with Gasteiger partial charge in [0.1, 0.15) is 0 Å². The molecule has 0 aromatic rings. The van der Waals surface area contributed by atoms with Gasteiger partial charge in [0, 0.05) is 19.8 Å². The Labute approximate surface area is 82.6 Å². The van der Waals surface area contributed by atoms with Crippen molar-refractivity contribution in [2.75, 3.05) is 19.8 Å². The highest BCUT2D eigenvalue weighted by Crippen LogP contribution is 1.99. The zero-order valence-electron chi connectivity index (χ0n) is 9.05. The van der Waals surface area contributed by atoms with Crippen LogP contribution in [0.4, 0.5) is 0 Å². The zero-order valence-corrected chi connectivity index (χ0v) is 9.05. The highest BCUT2D eigenvalue weighted by atomic mass is 16.5. The van der Waals surface area contributed by atoms with Crippen molar-refractivity contribution in [2.24, 2.45) is 0 Å². The van der Waals surface area contributed by atoms with E-state index in [2.05, 4.69) is 6.92 Å². The number of hydrogen-bond donors (Lipinski definition) is 0. The Morgan fingerprint density at radius 1 is 1.00 bits per heavy atom. The van der Waals surface area contributed by atoms with Gasteiger partial charge in [-0.2, -0.15) is 0 Å². The third-order valence-corrected chi connectivity index (χ3v) is 1.81. The molecule has 0 aliphatic rings. The van der Waals surface area contributed by atoms with E-state index in [-0.39, 0.29) is 0 Å². The van der Waals surface area contributed by atoms with Crippen LogP contribution in [0.25, 0.3) is 0 Å². The molecule has 0 spiro atoms. The van der Waals surface area contributed by atoms with Gasteiger partial charge in [0.2, 0.25) is 0 Å². The summed E-state index contributed by atoms with van der Waals surface area (Å²) < 4.78 is 10.5. The van der Waals surface area contributed by atoms with Gasteiger partial charge >= 0.3 is 0 Å². The van der Waals surface area contributed by atoms with E-state index in [0.717, 1.165) is 26.2 Å². The van der Waals surface area contributed by atoms with E-state index in [4.69, 9.17) is 9.47 Å². The molecule has 0 aromatic heterocycles. The maximum absolute atomic E-state index is 5.42. The Morgan fingerprint density at radius 3 is 2.54 bits per heavy atom. The van der Waals surface area contributed by atoms with Crippen molar-refractivity contribution in [3.63, 3.8) is 0 Å². The summed E-state index contributed by atoms with van der Waals surface area (Å²) in [5.74, 6) is 0. The van der Waals surface area contributed by atoms with Crippen LogP contribution >= 0.6 is 0 Å². The van der Waals surface area contributed by atoms with Crippen LogP contribution in [0.2, 0.25) is 0 Å². The Balaban J connectivity index is 2.76. The number of unbranched alkanes of at least 4 members (excludes halogenated alkanes) is 3. The minimum absolute atomic E-state index is 0.760. The summed E-state index contributed by atoms with van der Waals surface area (Å²) in [7, 11) is 0. The predicted molar refractivity (Wildman–Crippen MR) is 55.5 cm³/mol. The van der Waals surface area contributed by atoms with Crippen LogP contribution in [0.5, 0.6) is 0 Å². The van der Waals surface area contributed by atoms with Crippen molar-refractivity contribution in [3.8, 4) is 0 Å². The Hall–Kier alpha value is -0.0800. The van der Waals surface area contributed by atoms with Gasteiger partial charge in [-0.05, 0) is 19.8 Å². The van der Waals surface area contributed by atoms with Crippen LogP contribution in [0, 0.1) is 6.61 Å². The molecule has 0 aromatic carbocycles. The second kappa shape index (κ2) is 11.9. The molecule has 0 fully saturated rings. The number of rotatable bonds is 10. The van der Waals surface area contributed by atoms with Crippen LogP contribution < -0.4 is 0 Å². The lowest BCUT2D eigenvalue weighted by Crippen LogP contribution is -1.98. The van der Waals surface area contributed by atoms with Crippen LogP contribution in [-0.2, 0) is 9.47 Å². The van der Waals surface area contributed by atoms with Gasteiger partial charge < -0.3 is 9.47 Å². The van der Waals surface area contributed by atoms with Crippen LogP contribution in [0.15, 0.2) is 0 Å². The van der Waals surface area contributed by atoms with Gasteiger partial charge in [0.05, 0.1) is 6.61 Å². The fourth-order valence-electron chi connectivity index (χ4n) is 1.07. The molecule has 0 aliphatic carbocycles. The lowest BCUT2D eigenvalue weighted by Gasteiger charge is -2.03. The van der Waals surface area contributed by atoms with Gasteiger partial charge in [-0.25, -0.2) is 0 Å². The van der Waals surface area contributed by atoms with Crippen molar-refractivity contribution in [1.82, 2.24) is 0 Å². The molecule has 0 unspecified atom stereocenters. The van der Waals surface area contributed by atoms with Gasteiger partial charge in [-0.15, -0.1) is 0 Å². The Morgan fingerprint density at radius 2 is 1.85 bits per heavy atom. The normalized spacial score (nSPS) is 10.6. The summed E-state index contributed by atoms with van der Waals surface area (Å²) in [5.41, 5.74) is 0. The van der Waals surface area contributed by atoms with E-state index in [0.29, 0.717) is 0 Å². The minimum Gasteiger partial charge on any atom is -0.381 e. The first-order chi connectivity index (χ1) is 6.41. The smallest absolute Gasteiger partial charge is 0.0859 e. The lowest BCUT2D eigenvalue weighted by atomic mass is 10.2. The highest BCUT2D eigenvalue weighted by molar-refractivity contribution is 4.48. The molecule has 79 valence electrons. The average Bonchev–Trinajstić information content (AvgIpc) is 2.16. The first kappa shape index (κ1) is 12.9. The molecule has 0 N–H and O–H groups in total. The van der Waals surface area contributed by atoms with Gasteiger partial charge in [-0.3, -0.25) is 0 Å². The zero-order chi connectivity index (χ0) is 9.78. The van der Waals surface area contributed by atoms with E-state index in [1.807, 2.05) is 13.5 Å². The van der Waals surface area contributed by atoms with Crippen molar-refractivity contribution in [3.05, 3.63) is 6.61 Å². The van der Waals surface area contributed by atoms with E-state index in [9.17, 15) is 0 Å². The maximum atomic E-state index is 5.42. The first-order valence-corrected chi connectivity index (χ1v) is 5.42. The molecule has 0 rings (SSSR count). The quantitative estimate of drug-likeness (QED) is 0.489. The largest absolute Gasteiger partial charge is 0.381 e. The predicted octanol–water partition coefficient (Wildman–Crippen LogP) is 3.17. The van der Waals surface area contributed by atoms with Gasteiger partial charge in [0.15, 0.2) is 0 Å². The topological polar surface area (TPSA) is 18.5 Å². The number of hydrogen-bond acceptors (Lipinski definition) is 2. The van der Waals surface area contributed by atoms with E-state index in [1.54, 1.807) is 0 Å². The molecular weight excluding hydrogens is 164 g/mol. The van der Waals surface area contributed by atoms with Gasteiger partial charge in [0.25, 0.3) is 0 Å². The fraction of sp³-hybridized carbons (Fsp3) is 0.909. The molecule has 0 saturated heterocycles. The molecule has 2 nitrogen and oxygen atoms in total. The summed E-state index contributed by atoms with van der Waals surface area (Å²) in [4.78, 5) is 0. The van der Waals surface area contributed by atoms with Crippen molar-refractivity contribution < 1.29 is 9.47 Å². The molecule has 1 radical (unpaired) electrons. The SMILES string of the molecule is CCCCCCOCC[CH]OCC. The molecule has 13 heavy (non-hydrogen) atoms. The molecule has 0 saturated carbocycles. The van der Waals surface area contributed by atoms with E-state index < -0.39 is 0 Å². The second-order valence-corrected chi connectivity index (χ2v) is 3.08. The molecule has 0 bridgehead atoms. The summed E-state index contributed by atoms with van der Waals surface area (Å²) in [6.07, 6.45) is 6.02. The molecule has 0 heterocycles.